The van der Waals surface area contributed by atoms with Gasteiger partial charge >= 0.3 is 6.09 Å². The van der Waals surface area contributed by atoms with Crippen LogP contribution in [0.15, 0.2) is 0 Å². The third-order valence-corrected chi connectivity index (χ3v) is 9.33. The molecule has 1 heterocycles. The van der Waals surface area contributed by atoms with Crippen LogP contribution in [0.5, 0.6) is 0 Å². The Hall–Kier alpha value is -0.923. The van der Waals surface area contributed by atoms with Crippen molar-refractivity contribution in [2.75, 3.05) is 6.61 Å². The molecule has 0 N–H and O–H groups in total. The van der Waals surface area contributed by atoms with Crippen LogP contribution in [-0.2, 0) is 18.7 Å². The zero-order valence-electron chi connectivity index (χ0n) is 17.4. The van der Waals surface area contributed by atoms with Crippen LogP contribution in [0, 0.1) is 0 Å². The van der Waals surface area contributed by atoms with Gasteiger partial charge in [-0.15, -0.1) is 0 Å². The molecule has 0 bridgehead atoms. The average Bonchev–Trinajstić information content (AvgIpc) is 2.68. The van der Waals surface area contributed by atoms with Crippen LogP contribution in [0.3, 0.4) is 0 Å². The van der Waals surface area contributed by atoms with Crippen molar-refractivity contribution >= 4 is 20.7 Å². The molecule has 1 amide bonds. The first-order valence-electron chi connectivity index (χ1n) is 8.81. The van der Waals surface area contributed by atoms with Gasteiger partial charge in [0.15, 0.2) is 8.32 Å². The zero-order valence-corrected chi connectivity index (χ0v) is 18.4. The number of carbonyl (C=O) groups excluding carboxylic acids is 2. The van der Waals surface area contributed by atoms with Crippen molar-refractivity contribution in [3.8, 4) is 0 Å². The molecule has 1 rings (SSSR count). The lowest BCUT2D eigenvalue weighted by Gasteiger charge is -2.41. The molecule has 0 spiro atoms. The summed E-state index contributed by atoms with van der Waals surface area (Å²) >= 11 is 0. The standard InChI is InChI=1S/C18H35NO5Si/c1-16(2,3)23-15(21)19-13(12-22-18(19,7)8)14(11-20)24-25(9,10)17(4,5)6/h11,13-14H,12H2,1-10H3/t13-,14+/m0/s1. The molecule has 0 unspecified atom stereocenters. The smallest absolute Gasteiger partial charge is 0.413 e. The summed E-state index contributed by atoms with van der Waals surface area (Å²) in [6.07, 6.45) is -0.450. The molecule has 1 saturated heterocycles. The van der Waals surface area contributed by atoms with Gasteiger partial charge in [0, 0.05) is 0 Å². The molecular weight excluding hydrogens is 338 g/mol. The van der Waals surface area contributed by atoms with Crippen molar-refractivity contribution in [1.29, 1.82) is 0 Å². The van der Waals surface area contributed by atoms with Crippen molar-refractivity contribution in [2.45, 2.75) is 97.0 Å². The molecule has 1 aliphatic rings. The van der Waals surface area contributed by atoms with E-state index in [1.54, 1.807) is 13.8 Å². The van der Waals surface area contributed by atoms with E-state index in [0.29, 0.717) is 0 Å². The number of hydrogen-bond acceptors (Lipinski definition) is 5. The van der Waals surface area contributed by atoms with Gasteiger partial charge in [0.05, 0.1) is 12.6 Å². The molecule has 0 aromatic carbocycles. The molecule has 146 valence electrons. The lowest BCUT2D eigenvalue weighted by Crippen LogP contribution is -2.56. The molecule has 0 aliphatic carbocycles. The summed E-state index contributed by atoms with van der Waals surface area (Å²) < 4.78 is 17.6. The maximum atomic E-state index is 12.7. The van der Waals surface area contributed by atoms with E-state index in [1.807, 2.05) is 20.8 Å². The van der Waals surface area contributed by atoms with Gasteiger partial charge < -0.3 is 18.7 Å². The summed E-state index contributed by atoms with van der Waals surface area (Å²) in [4.78, 5) is 26.1. The van der Waals surface area contributed by atoms with Crippen molar-refractivity contribution < 1.29 is 23.5 Å². The molecule has 2 atom stereocenters. The maximum Gasteiger partial charge on any atom is 0.413 e. The Morgan fingerprint density at radius 3 is 2.16 bits per heavy atom. The van der Waals surface area contributed by atoms with Gasteiger partial charge in [-0.25, -0.2) is 4.79 Å². The molecule has 7 heteroatoms. The highest BCUT2D eigenvalue weighted by atomic mass is 28.4. The second-order valence-electron chi connectivity index (χ2n) is 9.65. The van der Waals surface area contributed by atoms with Gasteiger partial charge in [-0.3, -0.25) is 4.90 Å². The van der Waals surface area contributed by atoms with E-state index < -0.39 is 37.9 Å². The fourth-order valence-electron chi connectivity index (χ4n) is 2.45. The highest BCUT2D eigenvalue weighted by Gasteiger charge is 2.51. The van der Waals surface area contributed by atoms with E-state index >= 15 is 0 Å². The quantitative estimate of drug-likeness (QED) is 0.551. The Bertz CT molecular complexity index is 505. The third-order valence-electron chi connectivity index (χ3n) is 4.86. The Labute approximate surface area is 153 Å². The summed E-state index contributed by atoms with van der Waals surface area (Å²) in [7, 11) is -2.18. The van der Waals surface area contributed by atoms with Crippen LogP contribution in [0.4, 0.5) is 4.79 Å². The Kier molecular flexibility index (Phi) is 6.20. The van der Waals surface area contributed by atoms with Gasteiger partial charge in [-0.2, -0.15) is 0 Å². The molecule has 25 heavy (non-hydrogen) atoms. The van der Waals surface area contributed by atoms with Gasteiger partial charge in [-0.05, 0) is 52.8 Å². The molecule has 0 aromatic rings. The number of hydrogen-bond donors (Lipinski definition) is 0. The summed E-state index contributed by atoms with van der Waals surface area (Å²) in [6.45, 7) is 19.8. The van der Waals surface area contributed by atoms with E-state index in [-0.39, 0.29) is 11.6 Å². The highest BCUT2D eigenvalue weighted by molar-refractivity contribution is 6.74. The molecule has 0 radical (unpaired) electrons. The molecule has 0 saturated carbocycles. The minimum atomic E-state index is -2.18. The van der Waals surface area contributed by atoms with Crippen molar-refractivity contribution in [1.82, 2.24) is 4.90 Å². The predicted octanol–water partition coefficient (Wildman–Crippen LogP) is 3.95. The molecule has 1 fully saturated rings. The highest BCUT2D eigenvalue weighted by Crippen LogP contribution is 2.39. The first kappa shape index (κ1) is 22.1. The third kappa shape index (κ3) is 5.28. The fraction of sp³-hybridized carbons (Fsp3) is 0.889. The molecule has 1 aliphatic heterocycles. The molecule has 0 aromatic heterocycles. The van der Waals surface area contributed by atoms with Crippen LogP contribution in [-0.4, -0.2) is 55.7 Å². The minimum Gasteiger partial charge on any atom is -0.444 e. The minimum absolute atomic E-state index is 0.0417. The van der Waals surface area contributed by atoms with E-state index in [4.69, 9.17) is 13.9 Å². The van der Waals surface area contributed by atoms with E-state index in [0.717, 1.165) is 6.29 Å². The molecule has 6 nitrogen and oxygen atoms in total. The largest absolute Gasteiger partial charge is 0.444 e. The van der Waals surface area contributed by atoms with E-state index in [1.165, 1.54) is 4.90 Å². The Morgan fingerprint density at radius 1 is 1.24 bits per heavy atom. The van der Waals surface area contributed by atoms with Crippen LogP contribution in [0.2, 0.25) is 18.1 Å². The first-order valence-corrected chi connectivity index (χ1v) is 11.7. The Morgan fingerprint density at radius 2 is 1.76 bits per heavy atom. The normalized spacial score (nSPS) is 22.6. The van der Waals surface area contributed by atoms with Crippen LogP contribution >= 0.6 is 0 Å². The average molecular weight is 374 g/mol. The second-order valence-corrected chi connectivity index (χ2v) is 14.4. The first-order chi connectivity index (χ1) is 11.0. The zero-order chi connectivity index (χ0) is 19.8. The number of carbonyl (C=O) groups is 2. The van der Waals surface area contributed by atoms with Gasteiger partial charge in [0.2, 0.25) is 0 Å². The Balaban J connectivity index is 3.10. The van der Waals surface area contributed by atoms with Crippen molar-refractivity contribution in [3.63, 3.8) is 0 Å². The predicted molar refractivity (Wildman–Crippen MR) is 100 cm³/mol. The maximum absolute atomic E-state index is 12.7. The van der Waals surface area contributed by atoms with E-state index in [2.05, 4.69) is 33.9 Å². The summed E-state index contributed by atoms with van der Waals surface area (Å²) in [5.41, 5.74) is -1.48. The number of nitrogens with zero attached hydrogens (tertiary/aromatic N) is 1. The monoisotopic (exact) mass is 373 g/mol. The van der Waals surface area contributed by atoms with E-state index in [9.17, 15) is 9.59 Å². The lowest BCUT2D eigenvalue weighted by atomic mass is 10.1. The van der Waals surface area contributed by atoms with Crippen LogP contribution in [0.1, 0.15) is 55.4 Å². The topological polar surface area (TPSA) is 65.1 Å². The number of aldehydes is 1. The van der Waals surface area contributed by atoms with Crippen LogP contribution < -0.4 is 0 Å². The van der Waals surface area contributed by atoms with Crippen molar-refractivity contribution in [3.05, 3.63) is 0 Å². The van der Waals surface area contributed by atoms with Gasteiger partial charge in [-0.1, -0.05) is 20.8 Å². The van der Waals surface area contributed by atoms with Crippen LogP contribution in [0.25, 0.3) is 0 Å². The summed E-state index contributed by atoms with van der Waals surface area (Å²) in [6, 6.07) is -0.503. The van der Waals surface area contributed by atoms with Crippen molar-refractivity contribution in [2.24, 2.45) is 0 Å². The SMILES string of the molecule is CC(C)(C)OC(=O)N1[C@H]([C@@H](C=O)O[Si](C)(C)C(C)(C)C)COC1(C)C. The summed E-state index contributed by atoms with van der Waals surface area (Å²) in [5, 5.41) is -0.0417. The van der Waals surface area contributed by atoms with Gasteiger partial charge in [0.1, 0.15) is 23.7 Å². The van der Waals surface area contributed by atoms with Gasteiger partial charge in [0.25, 0.3) is 0 Å². The summed E-state index contributed by atoms with van der Waals surface area (Å²) in [5.74, 6) is 0. The molecular formula is C18H35NO5Si. The number of ether oxygens (including phenoxy) is 2. The lowest BCUT2D eigenvalue weighted by molar-refractivity contribution is -0.117. The number of rotatable bonds is 4. The number of amides is 1. The second kappa shape index (κ2) is 7.00. The fourth-order valence-corrected chi connectivity index (χ4v) is 3.70.